The van der Waals surface area contributed by atoms with Gasteiger partial charge in [0.15, 0.2) is 0 Å². The van der Waals surface area contributed by atoms with E-state index in [4.69, 9.17) is 5.73 Å². The number of methoxy groups -OCH3 is 1. The van der Waals surface area contributed by atoms with Crippen LogP contribution in [0.25, 0.3) is 0 Å². The number of nitrogens with zero attached hydrogens (tertiary/aromatic N) is 3. The molecule has 112 valence electrons. The predicted octanol–water partition coefficient (Wildman–Crippen LogP) is 0.935. The molecule has 2 aromatic rings. The molecular formula is C15H14N4O3. The van der Waals surface area contributed by atoms with Crippen molar-refractivity contribution < 1.29 is 14.3 Å². The molecule has 0 unspecified atom stereocenters. The summed E-state index contributed by atoms with van der Waals surface area (Å²) < 4.78 is 4.61. The van der Waals surface area contributed by atoms with Crippen LogP contribution in [0.15, 0.2) is 30.3 Å². The number of nitrogens with two attached hydrogens (primary N) is 1. The number of amides is 1. The Morgan fingerprint density at radius 1 is 1.32 bits per heavy atom. The molecule has 2 heterocycles. The lowest BCUT2D eigenvalue weighted by Gasteiger charge is -2.17. The minimum atomic E-state index is -0.687. The van der Waals surface area contributed by atoms with Crippen LogP contribution in [0.4, 0.5) is 11.6 Å². The summed E-state index contributed by atoms with van der Waals surface area (Å²) in [4.78, 5) is 33.4. The van der Waals surface area contributed by atoms with E-state index in [0.717, 1.165) is 5.56 Å². The summed E-state index contributed by atoms with van der Waals surface area (Å²) in [5.41, 5.74) is 7.35. The third-order valence-corrected chi connectivity index (χ3v) is 3.45. The molecule has 1 aliphatic heterocycles. The summed E-state index contributed by atoms with van der Waals surface area (Å²) in [7, 11) is 1.24. The lowest BCUT2D eigenvalue weighted by atomic mass is 10.2. The van der Waals surface area contributed by atoms with Gasteiger partial charge in [0.05, 0.1) is 20.1 Å². The van der Waals surface area contributed by atoms with Crippen LogP contribution in [-0.2, 0) is 22.5 Å². The van der Waals surface area contributed by atoms with Gasteiger partial charge in [0.2, 0.25) is 11.7 Å². The van der Waals surface area contributed by atoms with E-state index in [9.17, 15) is 9.59 Å². The first-order valence-corrected chi connectivity index (χ1v) is 6.69. The number of carbonyl (C=O) groups is 2. The average molecular weight is 298 g/mol. The second-order valence-corrected chi connectivity index (χ2v) is 4.87. The number of carbonyl (C=O) groups excluding carboxylic acids is 2. The summed E-state index contributed by atoms with van der Waals surface area (Å²) >= 11 is 0. The first kappa shape index (κ1) is 14.0. The molecule has 0 atom stereocenters. The largest absolute Gasteiger partial charge is 0.463 e. The zero-order valence-electron chi connectivity index (χ0n) is 11.9. The zero-order chi connectivity index (χ0) is 15.7. The highest BCUT2D eigenvalue weighted by molar-refractivity contribution is 6.02. The fraction of sp³-hybridized carbons (Fsp3) is 0.200. The number of hydrogen-bond donors (Lipinski definition) is 1. The third-order valence-electron chi connectivity index (χ3n) is 3.45. The van der Waals surface area contributed by atoms with Gasteiger partial charge in [-0.3, -0.25) is 9.69 Å². The number of rotatable bonds is 3. The van der Waals surface area contributed by atoms with Gasteiger partial charge in [0, 0.05) is 5.56 Å². The fourth-order valence-electron chi connectivity index (χ4n) is 2.36. The number of benzene rings is 1. The van der Waals surface area contributed by atoms with Gasteiger partial charge < -0.3 is 10.5 Å². The molecule has 1 aromatic carbocycles. The van der Waals surface area contributed by atoms with Gasteiger partial charge in [-0.1, -0.05) is 30.3 Å². The first-order chi connectivity index (χ1) is 10.6. The van der Waals surface area contributed by atoms with Gasteiger partial charge in [0.1, 0.15) is 11.6 Å². The Morgan fingerprint density at radius 3 is 2.73 bits per heavy atom. The van der Waals surface area contributed by atoms with Crippen molar-refractivity contribution in [3.8, 4) is 0 Å². The van der Waals surface area contributed by atoms with E-state index in [0.29, 0.717) is 17.9 Å². The molecule has 1 aromatic heterocycles. The average Bonchev–Trinajstić information content (AvgIpc) is 2.84. The SMILES string of the molecule is COC(=O)c1nc(N)c2c(n1)N(Cc1ccccc1)C(=O)C2. The highest BCUT2D eigenvalue weighted by Crippen LogP contribution is 2.31. The topological polar surface area (TPSA) is 98.4 Å². The van der Waals surface area contributed by atoms with E-state index in [1.807, 2.05) is 30.3 Å². The number of esters is 1. The highest BCUT2D eigenvalue weighted by Gasteiger charge is 2.32. The second-order valence-electron chi connectivity index (χ2n) is 4.87. The monoisotopic (exact) mass is 298 g/mol. The van der Waals surface area contributed by atoms with E-state index in [2.05, 4.69) is 14.7 Å². The van der Waals surface area contributed by atoms with E-state index in [1.165, 1.54) is 12.0 Å². The second kappa shape index (κ2) is 5.44. The minimum absolute atomic E-state index is 0.123. The predicted molar refractivity (Wildman–Crippen MR) is 79.1 cm³/mol. The molecule has 7 nitrogen and oxygen atoms in total. The van der Waals surface area contributed by atoms with Crippen LogP contribution in [-0.4, -0.2) is 29.0 Å². The van der Waals surface area contributed by atoms with Crippen molar-refractivity contribution in [2.45, 2.75) is 13.0 Å². The zero-order valence-corrected chi connectivity index (χ0v) is 11.9. The first-order valence-electron chi connectivity index (χ1n) is 6.69. The molecule has 2 N–H and O–H groups in total. The summed E-state index contributed by atoms with van der Waals surface area (Å²) in [5.74, 6) is -0.446. The molecule has 0 aliphatic carbocycles. The molecular weight excluding hydrogens is 284 g/mol. The van der Waals surface area contributed by atoms with Gasteiger partial charge in [-0.05, 0) is 5.56 Å². The number of anilines is 2. The number of fused-ring (bicyclic) bond motifs is 1. The van der Waals surface area contributed by atoms with Crippen molar-refractivity contribution in [3.05, 3.63) is 47.3 Å². The number of aromatic nitrogens is 2. The molecule has 0 saturated carbocycles. The number of ether oxygens (including phenoxy) is 1. The normalized spacial score (nSPS) is 13.1. The summed E-state index contributed by atoms with van der Waals surface area (Å²) in [5, 5.41) is 0. The standard InChI is InChI=1S/C15H14N4O3/c1-22-15(21)13-17-12(16)10-7-11(20)19(14(10)18-13)8-9-5-3-2-4-6-9/h2-6H,7-8H2,1H3,(H2,16,17,18). The number of hydrogen-bond acceptors (Lipinski definition) is 6. The van der Waals surface area contributed by atoms with E-state index < -0.39 is 5.97 Å². The summed E-state index contributed by atoms with van der Waals surface area (Å²) in [6.45, 7) is 0.365. The Hall–Kier alpha value is -2.96. The van der Waals surface area contributed by atoms with Crippen LogP contribution in [0.1, 0.15) is 21.7 Å². The molecule has 0 radical (unpaired) electrons. The van der Waals surface area contributed by atoms with E-state index >= 15 is 0 Å². The van der Waals surface area contributed by atoms with Gasteiger partial charge in [0.25, 0.3) is 0 Å². The van der Waals surface area contributed by atoms with Crippen LogP contribution in [0.3, 0.4) is 0 Å². The summed E-state index contributed by atoms with van der Waals surface area (Å²) in [6, 6.07) is 9.52. The fourth-order valence-corrected chi connectivity index (χ4v) is 2.36. The maximum atomic E-state index is 12.2. The highest BCUT2D eigenvalue weighted by atomic mass is 16.5. The Bertz CT molecular complexity index is 746. The Balaban J connectivity index is 2.00. The minimum Gasteiger partial charge on any atom is -0.463 e. The van der Waals surface area contributed by atoms with Crippen molar-refractivity contribution in [2.24, 2.45) is 0 Å². The van der Waals surface area contributed by atoms with E-state index in [-0.39, 0.29) is 24.0 Å². The van der Waals surface area contributed by atoms with Crippen molar-refractivity contribution in [3.63, 3.8) is 0 Å². The summed E-state index contributed by atoms with van der Waals surface area (Å²) in [6.07, 6.45) is 0.134. The molecule has 0 fully saturated rings. The van der Waals surface area contributed by atoms with Crippen LogP contribution < -0.4 is 10.6 Å². The van der Waals surface area contributed by atoms with Gasteiger partial charge in [-0.2, -0.15) is 0 Å². The van der Waals surface area contributed by atoms with Crippen LogP contribution in [0.5, 0.6) is 0 Å². The van der Waals surface area contributed by atoms with Gasteiger partial charge >= 0.3 is 5.97 Å². The quantitative estimate of drug-likeness (QED) is 0.847. The van der Waals surface area contributed by atoms with Gasteiger partial charge in [-0.25, -0.2) is 14.8 Å². The Kier molecular flexibility index (Phi) is 3.46. The molecule has 0 spiro atoms. The van der Waals surface area contributed by atoms with E-state index in [1.54, 1.807) is 0 Å². The van der Waals surface area contributed by atoms with Crippen molar-refractivity contribution in [1.82, 2.24) is 9.97 Å². The molecule has 0 saturated heterocycles. The number of nitrogen functional groups attached to an aromatic ring is 1. The maximum absolute atomic E-state index is 12.2. The molecule has 1 amide bonds. The van der Waals surface area contributed by atoms with Crippen molar-refractivity contribution in [1.29, 1.82) is 0 Å². The third kappa shape index (κ3) is 2.37. The van der Waals surface area contributed by atoms with Gasteiger partial charge in [-0.15, -0.1) is 0 Å². The molecule has 0 bridgehead atoms. The van der Waals surface area contributed by atoms with Crippen LogP contribution in [0, 0.1) is 0 Å². The smallest absolute Gasteiger partial charge is 0.376 e. The van der Waals surface area contributed by atoms with Crippen molar-refractivity contribution in [2.75, 3.05) is 17.7 Å². The van der Waals surface area contributed by atoms with Crippen LogP contribution in [0.2, 0.25) is 0 Å². The molecule has 1 aliphatic rings. The molecule has 22 heavy (non-hydrogen) atoms. The molecule has 3 rings (SSSR count). The maximum Gasteiger partial charge on any atom is 0.376 e. The Labute approximate surface area is 126 Å². The van der Waals surface area contributed by atoms with Crippen molar-refractivity contribution >= 4 is 23.5 Å². The Morgan fingerprint density at radius 2 is 2.05 bits per heavy atom. The van der Waals surface area contributed by atoms with Crippen LogP contribution >= 0.6 is 0 Å². The molecule has 7 heteroatoms. The lowest BCUT2D eigenvalue weighted by molar-refractivity contribution is -0.117. The lowest BCUT2D eigenvalue weighted by Crippen LogP contribution is -2.27.